The second kappa shape index (κ2) is 4.67. The van der Waals surface area contributed by atoms with Crippen molar-refractivity contribution in [2.24, 2.45) is 0 Å². The van der Waals surface area contributed by atoms with Gasteiger partial charge in [-0.15, -0.1) is 23.5 Å². The van der Waals surface area contributed by atoms with Crippen LogP contribution in [-0.4, -0.2) is 15.6 Å². The summed E-state index contributed by atoms with van der Waals surface area (Å²) in [6.07, 6.45) is 4.57. The Labute approximate surface area is 101 Å². The Morgan fingerprint density at radius 1 is 1.13 bits per heavy atom. The molecule has 1 aliphatic rings. The van der Waals surface area contributed by atoms with Gasteiger partial charge in [-0.2, -0.15) is 0 Å². The van der Waals surface area contributed by atoms with E-state index in [0.717, 1.165) is 0 Å². The monoisotopic (exact) mass is 236 g/mol. The fraction of sp³-hybridized carbons (Fsp3) is 0.385. The van der Waals surface area contributed by atoms with Crippen molar-refractivity contribution in [3.63, 3.8) is 0 Å². The molecule has 0 amide bonds. The minimum absolute atomic E-state index is 0.297. The van der Waals surface area contributed by atoms with Gasteiger partial charge in [-0.3, -0.25) is 0 Å². The van der Waals surface area contributed by atoms with Crippen LogP contribution in [0, 0.1) is 6.92 Å². The summed E-state index contributed by atoms with van der Waals surface area (Å²) in [7, 11) is 0. The van der Waals surface area contributed by atoms with E-state index in [1.165, 1.54) is 22.6 Å². The van der Waals surface area contributed by atoms with E-state index in [0.29, 0.717) is 4.08 Å². The number of aryl methyl sites for hydroxylation is 1. The van der Waals surface area contributed by atoms with E-state index >= 15 is 0 Å². The minimum Gasteiger partial charge on any atom is -0.139 e. The Balaban J connectivity index is 2.07. The average molecular weight is 236 g/mol. The molecule has 0 bridgehead atoms. The molecular weight excluding hydrogens is 220 g/mol. The fourth-order valence-electron chi connectivity index (χ4n) is 1.55. The van der Waals surface area contributed by atoms with Gasteiger partial charge >= 0.3 is 0 Å². The van der Waals surface area contributed by atoms with Gasteiger partial charge in [-0.25, -0.2) is 0 Å². The molecule has 0 saturated carbocycles. The van der Waals surface area contributed by atoms with Crippen LogP contribution in [0.1, 0.15) is 18.1 Å². The first kappa shape index (κ1) is 11.2. The second-order valence-corrected chi connectivity index (χ2v) is 7.31. The van der Waals surface area contributed by atoms with Crippen LogP contribution in [0.2, 0.25) is 0 Å². The van der Waals surface area contributed by atoms with Crippen LogP contribution < -0.4 is 0 Å². The van der Waals surface area contributed by atoms with Crippen molar-refractivity contribution in [1.29, 1.82) is 0 Å². The van der Waals surface area contributed by atoms with Crippen LogP contribution in [0.25, 0.3) is 6.08 Å². The first-order valence-corrected chi connectivity index (χ1v) is 7.19. The SMILES string of the molecule is Cc1ccc(C=CC2(C)SCCS2)cc1. The lowest BCUT2D eigenvalue weighted by Gasteiger charge is -2.15. The first-order valence-electron chi connectivity index (χ1n) is 5.22. The highest BCUT2D eigenvalue weighted by Crippen LogP contribution is 2.44. The lowest BCUT2D eigenvalue weighted by Crippen LogP contribution is -2.04. The average Bonchev–Trinajstić information content (AvgIpc) is 2.65. The zero-order chi connectivity index (χ0) is 10.7. The van der Waals surface area contributed by atoms with Crippen molar-refractivity contribution in [1.82, 2.24) is 0 Å². The number of hydrogen-bond acceptors (Lipinski definition) is 2. The Morgan fingerprint density at radius 2 is 1.73 bits per heavy atom. The zero-order valence-corrected chi connectivity index (χ0v) is 10.8. The van der Waals surface area contributed by atoms with Crippen LogP contribution in [0.15, 0.2) is 30.3 Å². The molecule has 1 heterocycles. The van der Waals surface area contributed by atoms with E-state index in [9.17, 15) is 0 Å². The van der Waals surface area contributed by atoms with E-state index in [1.807, 2.05) is 23.5 Å². The number of benzene rings is 1. The second-order valence-electron chi connectivity index (χ2n) is 3.96. The predicted octanol–water partition coefficient (Wildman–Crippen LogP) is 4.20. The summed E-state index contributed by atoms with van der Waals surface area (Å²) < 4.78 is 0.297. The summed E-state index contributed by atoms with van der Waals surface area (Å²) in [5.41, 5.74) is 2.62. The summed E-state index contributed by atoms with van der Waals surface area (Å²) in [4.78, 5) is 0. The molecule has 0 radical (unpaired) electrons. The maximum atomic E-state index is 2.33. The Hall–Kier alpha value is -0.340. The van der Waals surface area contributed by atoms with Crippen molar-refractivity contribution < 1.29 is 0 Å². The van der Waals surface area contributed by atoms with Gasteiger partial charge < -0.3 is 0 Å². The van der Waals surface area contributed by atoms with Gasteiger partial charge in [0.2, 0.25) is 0 Å². The molecule has 0 aromatic heterocycles. The third-order valence-corrected chi connectivity index (χ3v) is 5.72. The molecule has 0 N–H and O–H groups in total. The largest absolute Gasteiger partial charge is 0.139 e. The van der Waals surface area contributed by atoms with Gasteiger partial charge in [0.25, 0.3) is 0 Å². The summed E-state index contributed by atoms with van der Waals surface area (Å²) in [6, 6.07) is 8.69. The van der Waals surface area contributed by atoms with Crippen LogP contribution >= 0.6 is 23.5 Å². The van der Waals surface area contributed by atoms with E-state index in [4.69, 9.17) is 0 Å². The molecule has 0 spiro atoms. The summed E-state index contributed by atoms with van der Waals surface area (Å²) in [6.45, 7) is 4.43. The molecule has 0 atom stereocenters. The zero-order valence-electron chi connectivity index (χ0n) is 9.19. The smallest absolute Gasteiger partial charge is 0.0767 e. The van der Waals surface area contributed by atoms with Gasteiger partial charge in [-0.1, -0.05) is 42.0 Å². The predicted molar refractivity (Wildman–Crippen MR) is 73.5 cm³/mol. The molecule has 0 aliphatic carbocycles. The summed E-state index contributed by atoms with van der Waals surface area (Å²) in [5, 5.41) is 0. The molecule has 0 nitrogen and oxygen atoms in total. The highest BCUT2D eigenvalue weighted by molar-refractivity contribution is 8.21. The minimum atomic E-state index is 0.297. The normalized spacial score (nSPS) is 19.9. The third-order valence-electron chi connectivity index (χ3n) is 2.52. The Bertz CT molecular complexity index is 345. The highest BCUT2D eigenvalue weighted by Gasteiger charge is 2.26. The van der Waals surface area contributed by atoms with Gasteiger partial charge in [0.15, 0.2) is 0 Å². The molecule has 1 saturated heterocycles. The molecule has 2 rings (SSSR count). The van der Waals surface area contributed by atoms with Gasteiger partial charge in [0.05, 0.1) is 4.08 Å². The van der Waals surface area contributed by atoms with Gasteiger partial charge in [-0.05, 0) is 19.4 Å². The quantitative estimate of drug-likeness (QED) is 0.754. The van der Waals surface area contributed by atoms with Crippen LogP contribution in [0.3, 0.4) is 0 Å². The fourth-order valence-corrected chi connectivity index (χ4v) is 4.19. The summed E-state index contributed by atoms with van der Waals surface area (Å²) in [5.74, 6) is 2.55. The molecule has 15 heavy (non-hydrogen) atoms. The van der Waals surface area contributed by atoms with Gasteiger partial charge in [0.1, 0.15) is 0 Å². The molecule has 1 aromatic carbocycles. The van der Waals surface area contributed by atoms with Crippen LogP contribution in [0.4, 0.5) is 0 Å². The van der Waals surface area contributed by atoms with Crippen LogP contribution in [0.5, 0.6) is 0 Å². The molecular formula is C13H16S2. The molecule has 1 aromatic rings. The molecule has 0 unspecified atom stereocenters. The molecule has 80 valence electrons. The third kappa shape index (κ3) is 3.05. The van der Waals surface area contributed by atoms with Crippen LogP contribution in [-0.2, 0) is 0 Å². The van der Waals surface area contributed by atoms with Crippen molar-refractivity contribution >= 4 is 29.6 Å². The van der Waals surface area contributed by atoms with E-state index in [2.05, 4.69) is 50.3 Å². The highest BCUT2D eigenvalue weighted by atomic mass is 32.2. The van der Waals surface area contributed by atoms with Crippen molar-refractivity contribution in [2.75, 3.05) is 11.5 Å². The van der Waals surface area contributed by atoms with E-state index in [-0.39, 0.29) is 0 Å². The number of rotatable bonds is 2. The summed E-state index contributed by atoms with van der Waals surface area (Å²) >= 11 is 4.09. The lowest BCUT2D eigenvalue weighted by molar-refractivity contribution is 1.18. The van der Waals surface area contributed by atoms with Crippen molar-refractivity contribution in [3.05, 3.63) is 41.5 Å². The number of thioether (sulfide) groups is 2. The van der Waals surface area contributed by atoms with Gasteiger partial charge in [0, 0.05) is 11.5 Å². The van der Waals surface area contributed by atoms with E-state index in [1.54, 1.807) is 0 Å². The Morgan fingerprint density at radius 3 is 2.33 bits per heavy atom. The lowest BCUT2D eigenvalue weighted by atomic mass is 10.1. The topological polar surface area (TPSA) is 0 Å². The van der Waals surface area contributed by atoms with E-state index < -0.39 is 0 Å². The first-order chi connectivity index (χ1) is 7.18. The number of hydrogen-bond donors (Lipinski definition) is 0. The standard InChI is InChI=1S/C13H16S2/c1-11-3-5-12(6-4-11)7-8-13(2)14-9-10-15-13/h3-8H,9-10H2,1-2H3. The molecule has 1 aliphatic heterocycles. The van der Waals surface area contributed by atoms with Crippen molar-refractivity contribution in [2.45, 2.75) is 17.9 Å². The Kier molecular flexibility index (Phi) is 3.47. The molecule has 2 heteroatoms. The maximum Gasteiger partial charge on any atom is 0.0767 e. The maximum absolute atomic E-state index is 2.33. The van der Waals surface area contributed by atoms with Crippen molar-refractivity contribution in [3.8, 4) is 0 Å². The molecule has 1 fully saturated rings.